The lowest BCUT2D eigenvalue weighted by Crippen LogP contribution is -2.42. The van der Waals surface area contributed by atoms with Gasteiger partial charge in [0.05, 0.1) is 26.1 Å². The summed E-state index contributed by atoms with van der Waals surface area (Å²) in [6.07, 6.45) is -0.644. The predicted molar refractivity (Wildman–Crippen MR) is 118 cm³/mol. The number of carbonyl (C=O) groups is 4. The Morgan fingerprint density at radius 1 is 0.639 bits per heavy atom. The maximum Gasteiger partial charge on any atom is 0.376 e. The van der Waals surface area contributed by atoms with Gasteiger partial charge >= 0.3 is 35.7 Å². The minimum Gasteiger partial charge on any atom is -0.465 e. The SMILES string of the molecule is COC(=O)C(F)(F)CCC(C)(C)OC(=O)C1CCCCC1C(=O)OC(C)(C)CCC(F)(F)C(=O)OC. The molecule has 0 radical (unpaired) electrons. The molecule has 8 nitrogen and oxygen atoms in total. The molecule has 1 rings (SSSR count). The third-order valence-corrected chi connectivity index (χ3v) is 6.18. The van der Waals surface area contributed by atoms with E-state index in [-0.39, 0.29) is 12.8 Å². The average molecular weight is 529 g/mol. The lowest BCUT2D eigenvalue weighted by atomic mass is 9.79. The van der Waals surface area contributed by atoms with Crippen LogP contribution in [-0.4, -0.2) is 61.1 Å². The highest BCUT2D eigenvalue weighted by Gasteiger charge is 2.45. The zero-order valence-electron chi connectivity index (χ0n) is 21.6. The Balaban J connectivity index is 2.82. The van der Waals surface area contributed by atoms with Crippen molar-refractivity contribution in [1.82, 2.24) is 0 Å². The molecular formula is C24H36F4O8. The normalized spacial score (nSPS) is 19.3. The molecule has 0 aromatic heterocycles. The summed E-state index contributed by atoms with van der Waals surface area (Å²) in [5.74, 6) is -14.2. The van der Waals surface area contributed by atoms with Crippen molar-refractivity contribution in [2.24, 2.45) is 11.8 Å². The molecule has 36 heavy (non-hydrogen) atoms. The number of esters is 4. The first-order valence-electron chi connectivity index (χ1n) is 11.8. The summed E-state index contributed by atoms with van der Waals surface area (Å²) in [5.41, 5.74) is -2.72. The van der Waals surface area contributed by atoms with Gasteiger partial charge in [-0.1, -0.05) is 12.8 Å². The van der Waals surface area contributed by atoms with E-state index in [1.54, 1.807) is 0 Å². The first-order valence-corrected chi connectivity index (χ1v) is 11.8. The fourth-order valence-electron chi connectivity index (χ4n) is 3.91. The molecule has 1 aliphatic carbocycles. The molecule has 0 aromatic rings. The second-order valence-corrected chi connectivity index (χ2v) is 10.3. The molecule has 0 aliphatic heterocycles. The van der Waals surface area contributed by atoms with Crippen molar-refractivity contribution < 1.29 is 55.7 Å². The van der Waals surface area contributed by atoms with Gasteiger partial charge < -0.3 is 18.9 Å². The summed E-state index contributed by atoms with van der Waals surface area (Å²) < 4.78 is 74.3. The van der Waals surface area contributed by atoms with Gasteiger partial charge in [-0.05, 0) is 53.4 Å². The van der Waals surface area contributed by atoms with Gasteiger partial charge in [-0.3, -0.25) is 9.59 Å². The third-order valence-electron chi connectivity index (χ3n) is 6.18. The number of rotatable bonds is 12. The summed E-state index contributed by atoms with van der Waals surface area (Å²) in [6.45, 7) is 5.66. The number of hydrogen-bond donors (Lipinski definition) is 0. The summed E-state index contributed by atoms with van der Waals surface area (Å²) in [4.78, 5) is 48.2. The van der Waals surface area contributed by atoms with Crippen LogP contribution in [0.2, 0.25) is 0 Å². The molecule has 0 N–H and O–H groups in total. The summed E-state index contributed by atoms with van der Waals surface area (Å²) in [5, 5.41) is 0. The number of ether oxygens (including phenoxy) is 4. The topological polar surface area (TPSA) is 105 Å². The highest BCUT2D eigenvalue weighted by molar-refractivity contribution is 5.83. The van der Waals surface area contributed by atoms with Crippen LogP contribution in [0, 0.1) is 11.8 Å². The van der Waals surface area contributed by atoms with E-state index in [1.807, 2.05) is 0 Å². The Kier molecular flexibility index (Phi) is 10.7. The molecule has 2 unspecified atom stereocenters. The minimum absolute atomic E-state index is 0.299. The smallest absolute Gasteiger partial charge is 0.376 e. The van der Waals surface area contributed by atoms with Crippen molar-refractivity contribution in [3.63, 3.8) is 0 Å². The second-order valence-electron chi connectivity index (χ2n) is 10.3. The van der Waals surface area contributed by atoms with E-state index in [2.05, 4.69) is 9.47 Å². The molecular weight excluding hydrogens is 492 g/mol. The second kappa shape index (κ2) is 12.2. The van der Waals surface area contributed by atoms with E-state index in [9.17, 15) is 36.7 Å². The van der Waals surface area contributed by atoms with Gasteiger partial charge in [0, 0.05) is 12.8 Å². The van der Waals surface area contributed by atoms with Crippen LogP contribution in [0.5, 0.6) is 0 Å². The van der Waals surface area contributed by atoms with Crippen LogP contribution < -0.4 is 0 Å². The van der Waals surface area contributed by atoms with Gasteiger partial charge in [0.15, 0.2) is 0 Å². The van der Waals surface area contributed by atoms with E-state index < -0.39 is 71.6 Å². The summed E-state index contributed by atoms with van der Waals surface area (Å²) in [6, 6.07) is 0. The zero-order chi connectivity index (χ0) is 27.9. The number of methoxy groups -OCH3 is 2. The summed E-state index contributed by atoms with van der Waals surface area (Å²) in [7, 11) is 1.69. The first-order chi connectivity index (χ1) is 16.4. The van der Waals surface area contributed by atoms with E-state index in [4.69, 9.17) is 9.47 Å². The van der Waals surface area contributed by atoms with Crippen LogP contribution in [-0.2, 0) is 38.1 Å². The van der Waals surface area contributed by atoms with Gasteiger partial charge in [-0.2, -0.15) is 17.6 Å². The quantitative estimate of drug-likeness (QED) is 0.205. The molecule has 0 heterocycles. The van der Waals surface area contributed by atoms with E-state index >= 15 is 0 Å². The Morgan fingerprint density at radius 2 is 0.944 bits per heavy atom. The maximum absolute atomic E-state index is 13.8. The lowest BCUT2D eigenvalue weighted by Gasteiger charge is -2.35. The Morgan fingerprint density at radius 3 is 1.22 bits per heavy atom. The maximum atomic E-state index is 13.8. The lowest BCUT2D eigenvalue weighted by molar-refractivity contribution is -0.182. The minimum atomic E-state index is -3.74. The van der Waals surface area contributed by atoms with Crippen LogP contribution in [0.4, 0.5) is 17.6 Å². The Hall–Kier alpha value is -2.40. The van der Waals surface area contributed by atoms with Gasteiger partial charge in [-0.15, -0.1) is 0 Å². The molecule has 208 valence electrons. The van der Waals surface area contributed by atoms with E-state index in [0.29, 0.717) is 25.7 Å². The van der Waals surface area contributed by atoms with Gasteiger partial charge in [-0.25, -0.2) is 9.59 Å². The molecule has 12 heteroatoms. The molecule has 1 fully saturated rings. The number of halogens is 4. The van der Waals surface area contributed by atoms with Crippen molar-refractivity contribution in [2.45, 2.75) is 102 Å². The van der Waals surface area contributed by atoms with Gasteiger partial charge in [0.2, 0.25) is 0 Å². The van der Waals surface area contributed by atoms with Crippen molar-refractivity contribution in [3.05, 3.63) is 0 Å². The van der Waals surface area contributed by atoms with Crippen molar-refractivity contribution >= 4 is 23.9 Å². The van der Waals surface area contributed by atoms with Crippen molar-refractivity contribution in [1.29, 1.82) is 0 Å². The predicted octanol–water partition coefficient (Wildman–Crippen LogP) is 4.61. The average Bonchev–Trinajstić information content (AvgIpc) is 2.80. The molecule has 2 atom stereocenters. The monoisotopic (exact) mass is 528 g/mol. The zero-order valence-corrected chi connectivity index (χ0v) is 21.6. The van der Waals surface area contributed by atoms with Crippen LogP contribution in [0.3, 0.4) is 0 Å². The third kappa shape index (κ3) is 9.24. The Labute approximate surface area is 208 Å². The number of carbonyl (C=O) groups excluding carboxylic acids is 4. The van der Waals surface area contributed by atoms with Crippen LogP contribution in [0.15, 0.2) is 0 Å². The Bertz CT molecular complexity index is 744. The van der Waals surface area contributed by atoms with Crippen LogP contribution in [0.25, 0.3) is 0 Å². The van der Waals surface area contributed by atoms with Crippen LogP contribution >= 0.6 is 0 Å². The molecule has 0 amide bonds. The van der Waals surface area contributed by atoms with Gasteiger partial charge in [0.25, 0.3) is 0 Å². The molecule has 0 saturated heterocycles. The fraction of sp³-hybridized carbons (Fsp3) is 0.833. The highest BCUT2D eigenvalue weighted by atomic mass is 19.3. The van der Waals surface area contributed by atoms with Crippen molar-refractivity contribution in [3.8, 4) is 0 Å². The fourth-order valence-corrected chi connectivity index (χ4v) is 3.91. The summed E-state index contributed by atoms with van der Waals surface area (Å²) >= 11 is 0. The van der Waals surface area contributed by atoms with Gasteiger partial charge in [0.1, 0.15) is 11.2 Å². The molecule has 0 bridgehead atoms. The standard InChI is InChI=1S/C24H36F4O8/c1-21(2,11-13-23(25,26)19(31)33-5)35-17(29)15-9-7-8-10-16(15)18(30)36-22(3,4)12-14-24(27,28)20(32)34-6/h15-16H,7-14H2,1-6H3. The highest BCUT2D eigenvalue weighted by Crippen LogP contribution is 2.36. The molecule has 0 spiro atoms. The van der Waals surface area contributed by atoms with Crippen LogP contribution in [0.1, 0.15) is 79.1 Å². The first kappa shape index (κ1) is 31.6. The molecule has 0 aromatic carbocycles. The van der Waals surface area contributed by atoms with Crippen molar-refractivity contribution in [2.75, 3.05) is 14.2 Å². The number of hydrogen-bond acceptors (Lipinski definition) is 8. The molecule has 1 aliphatic rings. The number of alkyl halides is 4. The van der Waals surface area contributed by atoms with E-state index in [0.717, 1.165) is 14.2 Å². The molecule has 1 saturated carbocycles. The largest absolute Gasteiger partial charge is 0.465 e. The van der Waals surface area contributed by atoms with E-state index in [1.165, 1.54) is 27.7 Å².